The molecule has 8 aromatic rings. The Morgan fingerprint density at radius 2 is 0.658 bits per heavy atom. The van der Waals surface area contributed by atoms with Crippen LogP contribution in [0.2, 0.25) is 0 Å². The average Bonchev–Trinajstić information content (AvgIpc) is 4.41. The van der Waals surface area contributed by atoms with Gasteiger partial charge in [0.25, 0.3) is 0 Å². The number of benzene rings is 8. The van der Waals surface area contributed by atoms with E-state index in [1.54, 1.807) is 0 Å². The summed E-state index contributed by atoms with van der Waals surface area (Å²) >= 11 is 0. The Morgan fingerprint density at radius 1 is 0.368 bits per heavy atom. The van der Waals surface area contributed by atoms with E-state index in [0.717, 1.165) is 64.1 Å². The minimum Gasteiger partial charge on any atom is -0.650 e. The van der Waals surface area contributed by atoms with E-state index in [0.29, 0.717) is 0 Å². The third-order valence-electron chi connectivity index (χ3n) is 14.0. The van der Waals surface area contributed by atoms with E-state index in [4.69, 9.17) is 23.9 Å². The molecule has 4 saturated heterocycles. The van der Waals surface area contributed by atoms with Crippen molar-refractivity contribution < 1.29 is 65.9 Å². The molecular formula is C69H77NO4SiYb. The summed E-state index contributed by atoms with van der Waals surface area (Å²) in [5, 5.41) is 3.73. The Balaban J connectivity index is 0.000000331. The van der Waals surface area contributed by atoms with Gasteiger partial charge in [-0.3, -0.25) is 0 Å². The third-order valence-corrected chi connectivity index (χ3v) is 18.0. The van der Waals surface area contributed by atoms with Crippen LogP contribution in [0.5, 0.6) is 0 Å². The molecule has 7 heteroatoms. The van der Waals surface area contributed by atoms with E-state index in [1.807, 2.05) is 0 Å². The molecule has 0 radical (unpaired) electrons. The summed E-state index contributed by atoms with van der Waals surface area (Å²) in [7, 11) is -3.16. The molecule has 0 spiro atoms. The van der Waals surface area contributed by atoms with Gasteiger partial charge in [0.05, 0.1) is 25.3 Å². The first kappa shape index (κ1) is 58.7. The number of hydrogen-bond acceptors (Lipinski definition) is 4. The van der Waals surface area contributed by atoms with Crippen LogP contribution in [0.4, 0.5) is 5.69 Å². The van der Waals surface area contributed by atoms with Crippen LogP contribution in [0.3, 0.4) is 0 Å². The van der Waals surface area contributed by atoms with Gasteiger partial charge in [-0.25, -0.2) is 0 Å². The first-order valence-corrected chi connectivity index (χ1v) is 29.5. The Labute approximate surface area is 495 Å². The van der Waals surface area contributed by atoms with Crippen LogP contribution >= 0.6 is 0 Å². The largest absolute Gasteiger partial charge is 0.650 e. The predicted octanol–water partition coefficient (Wildman–Crippen LogP) is 14.9. The zero-order valence-electron chi connectivity index (χ0n) is 44.7. The van der Waals surface area contributed by atoms with Gasteiger partial charge in [-0.2, -0.15) is 0 Å². The summed E-state index contributed by atoms with van der Waals surface area (Å²) in [6.45, 7) is 12.6. The monoisotopic (exact) mass is 1190 g/mol. The van der Waals surface area contributed by atoms with Gasteiger partial charge in [-0.15, -0.1) is 0 Å². The summed E-state index contributed by atoms with van der Waals surface area (Å²) in [5.41, 5.74) is 9.50. The Bertz CT molecular complexity index is 2420. The van der Waals surface area contributed by atoms with E-state index in [-0.39, 0.29) is 58.8 Å². The maximum atomic E-state index is 6.46. The van der Waals surface area contributed by atoms with Crippen LogP contribution in [-0.4, -0.2) is 61.1 Å². The fourth-order valence-corrected chi connectivity index (χ4v) is 14.0. The second-order valence-electron chi connectivity index (χ2n) is 19.7. The number of nitrogens with zero attached hydrogens (tertiary/aromatic N) is 1. The summed E-state index contributed by atoms with van der Waals surface area (Å²) in [4.78, 5) is 6.46. The molecule has 0 atom stereocenters. The maximum Gasteiger partial charge on any atom is 0.0684 e. The molecule has 8 aromatic carbocycles. The average molecular weight is 1190 g/mol. The fourth-order valence-electron chi connectivity index (χ4n) is 10.0. The van der Waals surface area contributed by atoms with E-state index >= 15 is 0 Å². The van der Waals surface area contributed by atoms with Gasteiger partial charge in [0.15, 0.2) is 0 Å². The van der Waals surface area contributed by atoms with Crippen molar-refractivity contribution in [3.63, 3.8) is 0 Å². The van der Waals surface area contributed by atoms with E-state index < -0.39 is 8.24 Å². The Morgan fingerprint density at radius 3 is 0.934 bits per heavy atom. The SMILES string of the molecule is C1CCOC1.C1CCOC1.C1CCOC1.C1CCOC1.CC(C)c1cc([C+](c2ccccc2)c2ccccc2)c([N-][Si](c2ccccc2)(c2ccccc2)c2ccccc2)c(C(c2ccccc2)c2ccccc2)c1.[Yb]. The molecule has 0 aromatic heterocycles. The van der Waals surface area contributed by atoms with Crippen molar-refractivity contribution in [3.05, 3.63) is 274 Å². The van der Waals surface area contributed by atoms with Crippen molar-refractivity contribution in [1.29, 1.82) is 0 Å². The van der Waals surface area contributed by atoms with Gasteiger partial charge in [0, 0.05) is 111 Å². The molecule has 5 nitrogen and oxygen atoms in total. The molecular weight excluding hydrogens is 1110 g/mol. The topological polar surface area (TPSA) is 51.0 Å². The van der Waals surface area contributed by atoms with Crippen molar-refractivity contribution in [2.75, 3.05) is 52.9 Å². The first-order valence-electron chi connectivity index (χ1n) is 27.6. The molecule has 4 fully saturated rings. The molecule has 0 bridgehead atoms. The maximum absolute atomic E-state index is 6.46. The van der Waals surface area contributed by atoms with Crippen molar-refractivity contribution in [3.8, 4) is 0 Å². The summed E-state index contributed by atoms with van der Waals surface area (Å²) in [5.74, 6) is 1.40. The Hall–Kier alpha value is -4.99. The van der Waals surface area contributed by atoms with Crippen LogP contribution in [0.25, 0.3) is 4.98 Å². The van der Waals surface area contributed by atoms with Gasteiger partial charge >= 0.3 is 0 Å². The zero-order valence-corrected chi connectivity index (χ0v) is 47.4. The fraction of sp³-hybridized carbons (Fsp3) is 0.290. The molecule has 4 aliphatic heterocycles. The molecule has 4 aliphatic rings. The molecule has 0 amide bonds. The van der Waals surface area contributed by atoms with E-state index in [9.17, 15) is 0 Å². The minimum absolute atomic E-state index is 0. The molecule has 4 heterocycles. The minimum atomic E-state index is -3.16. The third kappa shape index (κ3) is 16.8. The van der Waals surface area contributed by atoms with Crippen molar-refractivity contribution in [2.45, 2.75) is 77.0 Å². The Kier molecular flexibility index (Phi) is 25.2. The van der Waals surface area contributed by atoms with Crippen LogP contribution in [0.1, 0.15) is 116 Å². The quantitative estimate of drug-likeness (QED) is 0.0695. The van der Waals surface area contributed by atoms with Gasteiger partial charge in [0.2, 0.25) is 0 Å². The molecule has 0 unspecified atom stereocenters. The first-order chi connectivity index (χ1) is 37.1. The number of hydrogen-bond donors (Lipinski definition) is 0. The van der Waals surface area contributed by atoms with Crippen LogP contribution in [0, 0.1) is 52.8 Å². The zero-order chi connectivity index (χ0) is 51.6. The molecule has 400 valence electrons. The molecule has 12 rings (SSSR count). The molecule has 76 heavy (non-hydrogen) atoms. The molecule has 0 aliphatic carbocycles. The van der Waals surface area contributed by atoms with Gasteiger partial charge in [-0.05, 0) is 140 Å². The second-order valence-corrected chi connectivity index (χ2v) is 23.1. The van der Waals surface area contributed by atoms with Crippen LogP contribution in [-0.2, 0) is 18.9 Å². The standard InChI is InChI=1S/C53H45NSi.4C4H8O.Yb/c1-40(2)45-38-49(51(41-24-10-3-11-25-41)42-26-12-4-13-27-42)53(50(39-45)52(43-28-14-5-15-29-43)44-30-16-6-17-31-44)54-55(46-32-18-7-19-33-46,47-34-20-8-21-35-47)48-36-22-9-23-37-48;4*1-2-4-5-3-1;/h3-40,51H,1-2H3;4*1-4H2;. The summed E-state index contributed by atoms with van der Waals surface area (Å²) in [6.07, 6.45) is 10.2. The van der Waals surface area contributed by atoms with Gasteiger partial charge in [-0.1, -0.05) is 199 Å². The van der Waals surface area contributed by atoms with Crippen molar-refractivity contribution >= 4 is 29.5 Å². The van der Waals surface area contributed by atoms with Crippen LogP contribution in [0.15, 0.2) is 224 Å². The molecule has 0 N–H and O–H groups in total. The van der Waals surface area contributed by atoms with E-state index in [2.05, 4.69) is 238 Å². The summed E-state index contributed by atoms with van der Waals surface area (Å²) in [6, 6.07) is 81.8. The summed E-state index contributed by atoms with van der Waals surface area (Å²) < 4.78 is 19.8. The van der Waals surface area contributed by atoms with Crippen LogP contribution < -0.4 is 15.6 Å². The van der Waals surface area contributed by atoms with Crippen molar-refractivity contribution in [1.82, 2.24) is 0 Å². The van der Waals surface area contributed by atoms with Crippen molar-refractivity contribution in [2.24, 2.45) is 0 Å². The molecule has 0 saturated carbocycles. The number of rotatable bonds is 12. The normalized spacial score (nSPS) is 14.6. The van der Waals surface area contributed by atoms with Gasteiger partial charge in [0.1, 0.15) is 0 Å². The smallest absolute Gasteiger partial charge is 0.0684 e. The predicted molar refractivity (Wildman–Crippen MR) is 315 cm³/mol. The van der Waals surface area contributed by atoms with E-state index in [1.165, 1.54) is 106 Å². The van der Waals surface area contributed by atoms with Gasteiger partial charge < -0.3 is 23.9 Å². The number of ether oxygens (including phenoxy) is 4. The second kappa shape index (κ2) is 32.7.